The number of nitrogens with one attached hydrogen (secondary N) is 1. The summed E-state index contributed by atoms with van der Waals surface area (Å²) < 4.78 is 1.06. The number of hydrogen-bond acceptors (Lipinski definition) is 3. The number of aliphatic hydroxyl groups is 1. The Balaban J connectivity index is 1.75. The first-order valence-electron chi connectivity index (χ1n) is 6.32. The van der Waals surface area contributed by atoms with E-state index in [0.29, 0.717) is 18.4 Å². The maximum absolute atomic E-state index is 11.9. The van der Waals surface area contributed by atoms with Crippen molar-refractivity contribution in [1.82, 2.24) is 5.32 Å². The fourth-order valence-electron chi connectivity index (χ4n) is 2.37. The highest BCUT2D eigenvalue weighted by Crippen LogP contribution is 2.25. The molecule has 1 saturated carbocycles. The van der Waals surface area contributed by atoms with Gasteiger partial charge in [0.2, 0.25) is 5.91 Å². The Morgan fingerprint density at radius 3 is 2.67 bits per heavy atom. The molecular formula is C13H18BrNO2S. The Labute approximate surface area is 120 Å². The first-order chi connectivity index (χ1) is 8.67. The number of rotatable bonds is 4. The molecule has 1 heterocycles. The first kappa shape index (κ1) is 14.0. The normalized spacial score (nSPS) is 23.9. The minimum Gasteiger partial charge on any atom is -0.396 e. The van der Waals surface area contributed by atoms with Gasteiger partial charge in [0.05, 0.1) is 10.2 Å². The maximum Gasteiger partial charge on any atom is 0.225 e. The van der Waals surface area contributed by atoms with Crippen molar-refractivity contribution in [2.75, 3.05) is 6.61 Å². The predicted octanol–water partition coefficient (Wildman–Crippen LogP) is 2.72. The van der Waals surface area contributed by atoms with Crippen LogP contribution in [-0.4, -0.2) is 23.7 Å². The van der Waals surface area contributed by atoms with Crippen molar-refractivity contribution < 1.29 is 9.90 Å². The molecule has 2 N–H and O–H groups in total. The summed E-state index contributed by atoms with van der Waals surface area (Å²) in [5.74, 6) is 0.545. The predicted molar refractivity (Wildman–Crippen MR) is 76.7 cm³/mol. The van der Waals surface area contributed by atoms with Gasteiger partial charge in [0.25, 0.3) is 0 Å². The molecule has 18 heavy (non-hydrogen) atoms. The Bertz CT molecular complexity index is 399. The lowest BCUT2D eigenvalue weighted by Gasteiger charge is -2.27. The molecule has 1 aliphatic carbocycles. The van der Waals surface area contributed by atoms with E-state index in [0.717, 1.165) is 34.3 Å². The zero-order valence-electron chi connectivity index (χ0n) is 10.2. The third kappa shape index (κ3) is 4.07. The van der Waals surface area contributed by atoms with Crippen molar-refractivity contribution in [3.63, 3.8) is 0 Å². The second-order valence-corrected chi connectivity index (χ2v) is 7.40. The van der Waals surface area contributed by atoms with Crippen LogP contribution in [0.25, 0.3) is 0 Å². The summed E-state index contributed by atoms with van der Waals surface area (Å²) >= 11 is 5.00. The topological polar surface area (TPSA) is 49.3 Å². The van der Waals surface area contributed by atoms with Crippen molar-refractivity contribution in [2.45, 2.75) is 38.1 Å². The molecule has 2 rings (SSSR count). The van der Waals surface area contributed by atoms with Crippen molar-refractivity contribution in [1.29, 1.82) is 0 Å². The van der Waals surface area contributed by atoms with Gasteiger partial charge >= 0.3 is 0 Å². The number of aliphatic hydroxyl groups excluding tert-OH is 1. The average Bonchev–Trinajstić information content (AvgIpc) is 2.75. The molecule has 3 nitrogen and oxygen atoms in total. The fourth-order valence-corrected chi connectivity index (χ4v) is 3.85. The minimum absolute atomic E-state index is 0.108. The smallest absolute Gasteiger partial charge is 0.225 e. The van der Waals surface area contributed by atoms with Crippen LogP contribution in [0.2, 0.25) is 0 Å². The van der Waals surface area contributed by atoms with Crippen LogP contribution in [0.5, 0.6) is 0 Å². The second kappa shape index (κ2) is 6.68. The molecule has 1 aromatic heterocycles. The number of halogens is 1. The molecule has 0 aliphatic heterocycles. The Hall–Kier alpha value is -0.390. The summed E-state index contributed by atoms with van der Waals surface area (Å²) in [5, 5.41) is 12.2. The third-order valence-corrected chi connectivity index (χ3v) is 5.06. The Morgan fingerprint density at radius 2 is 2.11 bits per heavy atom. The quantitative estimate of drug-likeness (QED) is 0.891. The SMILES string of the molecule is O=C(Cc1ccc(Br)s1)NC1CCC(CO)CC1. The summed E-state index contributed by atoms with van der Waals surface area (Å²) in [5.41, 5.74) is 0. The first-order valence-corrected chi connectivity index (χ1v) is 7.92. The molecule has 0 saturated heterocycles. The molecule has 1 fully saturated rings. The van der Waals surface area contributed by atoms with Gasteiger partial charge in [0, 0.05) is 17.5 Å². The Kier molecular flexibility index (Phi) is 5.21. The van der Waals surface area contributed by atoms with Crippen molar-refractivity contribution >= 4 is 33.2 Å². The number of thiophene rings is 1. The number of amides is 1. The standard InChI is InChI=1S/C13H18BrNO2S/c14-12-6-5-11(18-12)7-13(17)15-10-3-1-9(8-16)2-4-10/h5-6,9-10,16H,1-4,7-8H2,(H,15,17). The summed E-state index contributed by atoms with van der Waals surface area (Å²) in [6.45, 7) is 0.282. The van der Waals surface area contributed by atoms with Crippen LogP contribution in [0.1, 0.15) is 30.6 Å². The molecule has 1 aliphatic rings. The summed E-state index contributed by atoms with van der Waals surface area (Å²) in [4.78, 5) is 13.0. The van der Waals surface area contributed by atoms with Crippen molar-refractivity contribution in [3.8, 4) is 0 Å². The number of hydrogen-bond donors (Lipinski definition) is 2. The molecular weight excluding hydrogens is 314 g/mol. The van der Waals surface area contributed by atoms with Gasteiger partial charge in [-0.05, 0) is 59.7 Å². The molecule has 0 radical (unpaired) electrons. The molecule has 0 bridgehead atoms. The van der Waals surface area contributed by atoms with Crippen LogP contribution in [0, 0.1) is 5.92 Å². The lowest BCUT2D eigenvalue weighted by atomic mass is 9.86. The van der Waals surface area contributed by atoms with E-state index in [1.54, 1.807) is 11.3 Å². The van der Waals surface area contributed by atoms with E-state index in [1.165, 1.54) is 0 Å². The number of carbonyl (C=O) groups excluding carboxylic acids is 1. The van der Waals surface area contributed by atoms with Gasteiger partial charge in [-0.25, -0.2) is 0 Å². The monoisotopic (exact) mass is 331 g/mol. The average molecular weight is 332 g/mol. The molecule has 0 unspecified atom stereocenters. The van der Waals surface area contributed by atoms with Crippen LogP contribution in [0.3, 0.4) is 0 Å². The lowest BCUT2D eigenvalue weighted by Crippen LogP contribution is -2.38. The second-order valence-electron chi connectivity index (χ2n) is 4.85. The van der Waals surface area contributed by atoms with Crippen molar-refractivity contribution in [2.24, 2.45) is 5.92 Å². The summed E-state index contributed by atoms with van der Waals surface area (Å²) in [7, 11) is 0. The molecule has 1 amide bonds. The molecule has 100 valence electrons. The molecule has 0 aromatic carbocycles. The molecule has 1 aromatic rings. The van der Waals surface area contributed by atoms with E-state index in [4.69, 9.17) is 5.11 Å². The molecule has 0 atom stereocenters. The van der Waals surface area contributed by atoms with Crippen molar-refractivity contribution in [3.05, 3.63) is 20.8 Å². The highest BCUT2D eigenvalue weighted by Gasteiger charge is 2.21. The van der Waals surface area contributed by atoms with Crippen LogP contribution in [0.15, 0.2) is 15.9 Å². The van der Waals surface area contributed by atoms with Gasteiger partial charge in [0.15, 0.2) is 0 Å². The van der Waals surface area contributed by atoms with Crippen LogP contribution < -0.4 is 5.32 Å². The minimum atomic E-state index is 0.108. The molecule has 0 spiro atoms. The van der Waals surface area contributed by atoms with E-state index in [9.17, 15) is 4.79 Å². The summed E-state index contributed by atoms with van der Waals surface area (Å²) in [6, 6.07) is 4.25. The van der Waals surface area contributed by atoms with E-state index in [1.807, 2.05) is 12.1 Å². The van der Waals surface area contributed by atoms with Gasteiger partial charge in [-0.15, -0.1) is 11.3 Å². The van der Waals surface area contributed by atoms with E-state index >= 15 is 0 Å². The van der Waals surface area contributed by atoms with Gasteiger partial charge in [0.1, 0.15) is 0 Å². The van der Waals surface area contributed by atoms with Crippen LogP contribution in [-0.2, 0) is 11.2 Å². The largest absolute Gasteiger partial charge is 0.396 e. The van der Waals surface area contributed by atoms with Gasteiger partial charge in [-0.1, -0.05) is 0 Å². The van der Waals surface area contributed by atoms with Crippen LogP contribution >= 0.6 is 27.3 Å². The molecule has 5 heteroatoms. The number of carbonyl (C=O) groups is 1. The fraction of sp³-hybridized carbons (Fsp3) is 0.615. The van der Waals surface area contributed by atoms with Gasteiger partial charge in [-0.2, -0.15) is 0 Å². The van der Waals surface area contributed by atoms with Gasteiger partial charge < -0.3 is 10.4 Å². The van der Waals surface area contributed by atoms with E-state index < -0.39 is 0 Å². The highest BCUT2D eigenvalue weighted by atomic mass is 79.9. The zero-order chi connectivity index (χ0) is 13.0. The Morgan fingerprint density at radius 1 is 1.39 bits per heavy atom. The zero-order valence-corrected chi connectivity index (χ0v) is 12.6. The van der Waals surface area contributed by atoms with Crippen LogP contribution in [0.4, 0.5) is 0 Å². The van der Waals surface area contributed by atoms with E-state index in [2.05, 4.69) is 21.2 Å². The lowest BCUT2D eigenvalue weighted by molar-refractivity contribution is -0.121. The highest BCUT2D eigenvalue weighted by molar-refractivity contribution is 9.11. The third-order valence-electron chi connectivity index (χ3n) is 3.43. The van der Waals surface area contributed by atoms with E-state index in [-0.39, 0.29) is 12.5 Å². The van der Waals surface area contributed by atoms with Gasteiger partial charge in [-0.3, -0.25) is 4.79 Å². The summed E-state index contributed by atoms with van der Waals surface area (Å²) in [6.07, 6.45) is 4.49. The maximum atomic E-state index is 11.9.